The molecule has 0 spiro atoms. The minimum Gasteiger partial charge on any atom is -0.352 e. The van der Waals surface area contributed by atoms with Crippen LogP contribution in [0.4, 0.5) is 0 Å². The molecule has 4 heteroatoms. The van der Waals surface area contributed by atoms with Gasteiger partial charge in [0.05, 0.1) is 0 Å². The van der Waals surface area contributed by atoms with Crippen molar-refractivity contribution in [1.29, 1.82) is 0 Å². The molecule has 0 aliphatic heterocycles. The lowest BCUT2D eigenvalue weighted by molar-refractivity contribution is 0.0944. The molecule has 0 heterocycles. The molecule has 1 aliphatic carbocycles. The highest BCUT2D eigenvalue weighted by Crippen LogP contribution is 2.32. The Bertz CT molecular complexity index is 463. The van der Waals surface area contributed by atoms with Crippen molar-refractivity contribution in [1.82, 2.24) is 5.32 Å². The number of halogens is 2. The van der Waals surface area contributed by atoms with E-state index in [9.17, 15) is 4.79 Å². The minimum absolute atomic E-state index is 0.00869. The fourth-order valence-electron chi connectivity index (χ4n) is 2.79. The van der Waals surface area contributed by atoms with Crippen LogP contribution >= 0.6 is 27.5 Å². The molecule has 1 fully saturated rings. The van der Waals surface area contributed by atoms with Gasteiger partial charge < -0.3 is 5.32 Å². The lowest BCUT2D eigenvalue weighted by atomic mass is 9.98. The fourth-order valence-corrected chi connectivity index (χ4v) is 3.87. The summed E-state index contributed by atoms with van der Waals surface area (Å²) in [5.74, 6) is 1.32. The van der Waals surface area contributed by atoms with Crippen LogP contribution in [0.3, 0.4) is 0 Å². The summed E-state index contributed by atoms with van der Waals surface area (Å²) in [4.78, 5) is 12.2. The van der Waals surface area contributed by atoms with Gasteiger partial charge in [-0.3, -0.25) is 4.79 Å². The zero-order valence-electron chi connectivity index (χ0n) is 11.1. The predicted molar refractivity (Wildman–Crippen MR) is 83.1 cm³/mol. The van der Waals surface area contributed by atoms with Gasteiger partial charge in [-0.2, -0.15) is 0 Å². The molecule has 104 valence electrons. The monoisotopic (exact) mass is 343 g/mol. The first-order valence-corrected chi connectivity index (χ1v) is 8.22. The molecule has 2 nitrogen and oxygen atoms in total. The van der Waals surface area contributed by atoms with E-state index in [4.69, 9.17) is 11.6 Å². The number of amides is 1. The van der Waals surface area contributed by atoms with E-state index in [1.165, 1.54) is 19.3 Å². The van der Waals surface area contributed by atoms with Gasteiger partial charge in [0.1, 0.15) is 0 Å². The van der Waals surface area contributed by atoms with E-state index in [-0.39, 0.29) is 5.91 Å². The molecule has 0 radical (unpaired) electrons. The number of carbonyl (C=O) groups is 1. The Labute approximate surface area is 128 Å². The van der Waals surface area contributed by atoms with Crippen molar-refractivity contribution in [2.24, 2.45) is 11.8 Å². The molecule has 19 heavy (non-hydrogen) atoms. The smallest absolute Gasteiger partial charge is 0.251 e. The molecular formula is C15H19BrClNO. The highest BCUT2D eigenvalue weighted by Gasteiger charge is 2.26. The maximum atomic E-state index is 12.2. The zero-order valence-corrected chi connectivity index (χ0v) is 13.4. The van der Waals surface area contributed by atoms with E-state index in [0.29, 0.717) is 16.9 Å². The van der Waals surface area contributed by atoms with Crippen LogP contribution in [0, 0.1) is 18.8 Å². The Balaban J connectivity index is 1.94. The lowest BCUT2D eigenvalue weighted by Gasteiger charge is -2.18. The third kappa shape index (κ3) is 3.73. The quantitative estimate of drug-likeness (QED) is 0.815. The number of hydrogen-bond donors (Lipinski definition) is 1. The largest absolute Gasteiger partial charge is 0.352 e. The zero-order chi connectivity index (χ0) is 13.8. The highest BCUT2D eigenvalue weighted by molar-refractivity contribution is 9.09. The number of aryl methyl sites for hydroxylation is 1. The summed E-state index contributed by atoms with van der Waals surface area (Å²) in [6.45, 7) is 2.69. The van der Waals surface area contributed by atoms with Crippen LogP contribution in [0.1, 0.15) is 35.2 Å². The van der Waals surface area contributed by atoms with Gasteiger partial charge in [0, 0.05) is 22.5 Å². The fraction of sp³-hybridized carbons (Fsp3) is 0.533. The lowest BCUT2D eigenvalue weighted by Crippen LogP contribution is -2.31. The second kappa shape index (κ2) is 6.76. The van der Waals surface area contributed by atoms with Crippen molar-refractivity contribution in [3.05, 3.63) is 34.3 Å². The van der Waals surface area contributed by atoms with Crippen LogP contribution < -0.4 is 5.32 Å². The molecule has 1 aromatic carbocycles. The molecule has 1 saturated carbocycles. The van der Waals surface area contributed by atoms with Crippen LogP contribution in [0.5, 0.6) is 0 Å². The summed E-state index contributed by atoms with van der Waals surface area (Å²) in [6, 6.07) is 5.39. The first kappa shape index (κ1) is 14.9. The van der Waals surface area contributed by atoms with Gasteiger partial charge in [-0.05, 0) is 55.4 Å². The Morgan fingerprint density at radius 1 is 1.42 bits per heavy atom. The number of nitrogens with one attached hydrogen (secondary N) is 1. The van der Waals surface area contributed by atoms with E-state index < -0.39 is 0 Å². The van der Waals surface area contributed by atoms with E-state index >= 15 is 0 Å². The summed E-state index contributed by atoms with van der Waals surface area (Å²) in [6.07, 6.45) is 3.76. The molecule has 2 unspecified atom stereocenters. The third-order valence-electron chi connectivity index (χ3n) is 3.97. The summed E-state index contributed by atoms with van der Waals surface area (Å²) in [5.41, 5.74) is 1.64. The molecule has 2 rings (SSSR count). The Kier molecular flexibility index (Phi) is 5.28. The van der Waals surface area contributed by atoms with Crippen LogP contribution in [0.25, 0.3) is 0 Å². The number of carbonyl (C=O) groups excluding carboxylic acids is 1. The summed E-state index contributed by atoms with van der Waals surface area (Å²) < 4.78 is 0. The van der Waals surface area contributed by atoms with E-state index in [2.05, 4.69) is 21.2 Å². The number of benzene rings is 1. The molecule has 2 atom stereocenters. The highest BCUT2D eigenvalue weighted by atomic mass is 79.9. The maximum Gasteiger partial charge on any atom is 0.251 e. The predicted octanol–water partition coefficient (Wildman–Crippen LogP) is 4.19. The molecule has 0 bridgehead atoms. The Morgan fingerprint density at radius 3 is 2.84 bits per heavy atom. The average Bonchev–Trinajstić information content (AvgIpc) is 2.83. The molecule has 1 N–H and O–H groups in total. The van der Waals surface area contributed by atoms with Crippen molar-refractivity contribution in [3.63, 3.8) is 0 Å². The van der Waals surface area contributed by atoms with E-state index in [1.54, 1.807) is 12.1 Å². The number of hydrogen-bond acceptors (Lipinski definition) is 1. The number of rotatable bonds is 4. The Hall–Kier alpha value is -0.540. The van der Waals surface area contributed by atoms with Gasteiger partial charge in [-0.25, -0.2) is 0 Å². The maximum absolute atomic E-state index is 12.2. The number of alkyl halides is 1. The van der Waals surface area contributed by atoms with Crippen molar-refractivity contribution in [2.45, 2.75) is 26.2 Å². The van der Waals surface area contributed by atoms with Crippen molar-refractivity contribution < 1.29 is 4.79 Å². The minimum atomic E-state index is 0.00869. The first-order valence-electron chi connectivity index (χ1n) is 6.72. The van der Waals surface area contributed by atoms with Gasteiger partial charge in [0.2, 0.25) is 0 Å². The molecule has 1 amide bonds. The van der Waals surface area contributed by atoms with Gasteiger partial charge in [-0.15, -0.1) is 0 Å². The van der Waals surface area contributed by atoms with Crippen LogP contribution in [0.15, 0.2) is 18.2 Å². The van der Waals surface area contributed by atoms with Crippen LogP contribution in [-0.2, 0) is 0 Å². The SMILES string of the molecule is Cc1cc(Cl)ccc1C(=O)NCC1CCCC1CBr. The Morgan fingerprint density at radius 2 is 2.16 bits per heavy atom. The summed E-state index contributed by atoms with van der Waals surface area (Å²) in [7, 11) is 0. The van der Waals surface area contributed by atoms with Crippen LogP contribution in [0.2, 0.25) is 5.02 Å². The van der Waals surface area contributed by atoms with Crippen LogP contribution in [-0.4, -0.2) is 17.8 Å². The second-order valence-corrected chi connectivity index (χ2v) is 6.36. The van der Waals surface area contributed by atoms with Gasteiger partial charge in [0.25, 0.3) is 5.91 Å². The molecular weight excluding hydrogens is 326 g/mol. The average molecular weight is 345 g/mol. The molecule has 1 aliphatic rings. The van der Waals surface area contributed by atoms with Crippen molar-refractivity contribution in [3.8, 4) is 0 Å². The van der Waals surface area contributed by atoms with Crippen molar-refractivity contribution in [2.75, 3.05) is 11.9 Å². The summed E-state index contributed by atoms with van der Waals surface area (Å²) in [5, 5.41) is 4.77. The van der Waals surface area contributed by atoms with Gasteiger partial charge >= 0.3 is 0 Å². The van der Waals surface area contributed by atoms with Crippen molar-refractivity contribution >= 4 is 33.4 Å². The topological polar surface area (TPSA) is 29.1 Å². The molecule has 0 saturated heterocycles. The standard InChI is InChI=1S/C15H19BrClNO/c1-10-7-13(17)5-6-14(10)15(19)18-9-12-4-2-3-11(12)8-16/h5-7,11-12H,2-4,8-9H2,1H3,(H,18,19). The third-order valence-corrected chi connectivity index (χ3v) is 5.04. The first-order chi connectivity index (χ1) is 9.11. The second-order valence-electron chi connectivity index (χ2n) is 5.27. The van der Waals surface area contributed by atoms with Gasteiger partial charge in [-0.1, -0.05) is 34.0 Å². The molecule has 0 aromatic heterocycles. The summed E-state index contributed by atoms with van der Waals surface area (Å²) >= 11 is 9.46. The normalized spacial score (nSPS) is 22.5. The van der Waals surface area contributed by atoms with Gasteiger partial charge in [0.15, 0.2) is 0 Å². The van der Waals surface area contributed by atoms with E-state index in [0.717, 1.165) is 23.0 Å². The molecule has 1 aromatic rings. The van der Waals surface area contributed by atoms with E-state index in [1.807, 2.05) is 13.0 Å².